The van der Waals surface area contributed by atoms with E-state index in [2.05, 4.69) is 5.32 Å². The number of rotatable bonds is 6. The van der Waals surface area contributed by atoms with Crippen LogP contribution in [0.2, 0.25) is 5.02 Å². The summed E-state index contributed by atoms with van der Waals surface area (Å²) < 4.78 is 15.9. The van der Waals surface area contributed by atoms with Gasteiger partial charge in [0, 0.05) is 6.07 Å². The first-order valence-corrected chi connectivity index (χ1v) is 8.36. The highest BCUT2D eigenvalue weighted by molar-refractivity contribution is 6.33. The molecule has 0 heterocycles. The van der Waals surface area contributed by atoms with Crippen molar-refractivity contribution in [2.75, 3.05) is 27.1 Å². The Hall–Kier alpha value is -2.31. The number of amides is 1. The van der Waals surface area contributed by atoms with Gasteiger partial charge in [-0.05, 0) is 43.2 Å². The van der Waals surface area contributed by atoms with Crippen molar-refractivity contribution in [2.45, 2.75) is 19.9 Å². The van der Waals surface area contributed by atoms with Crippen molar-refractivity contribution >= 4 is 35.6 Å². The number of carbonyl (C=O) groups is 1. The monoisotopic (exact) mass is 414 g/mol. The first kappa shape index (κ1) is 22.7. The normalized spacial score (nSPS) is 11.2. The number of nitrogen functional groups attached to an aromatic ring is 1. The van der Waals surface area contributed by atoms with Gasteiger partial charge in [-0.25, -0.2) is 0 Å². The lowest BCUT2D eigenvalue weighted by atomic mass is 10.0. The molecule has 6 nitrogen and oxygen atoms in total. The van der Waals surface area contributed by atoms with Gasteiger partial charge in [-0.2, -0.15) is 0 Å². The van der Waals surface area contributed by atoms with Crippen LogP contribution in [-0.2, 0) is 0 Å². The number of carbonyl (C=O) groups excluding carboxylic acids is 1. The summed E-state index contributed by atoms with van der Waals surface area (Å²) in [7, 11) is 4.63. The molecule has 1 amide bonds. The predicted molar refractivity (Wildman–Crippen MR) is 110 cm³/mol. The average Bonchev–Trinajstić information content (AvgIpc) is 2.62. The van der Waals surface area contributed by atoms with Crippen LogP contribution in [0.1, 0.15) is 34.5 Å². The summed E-state index contributed by atoms with van der Waals surface area (Å²) in [6.45, 7) is 3.83. The topological polar surface area (TPSA) is 82.8 Å². The fourth-order valence-electron chi connectivity index (χ4n) is 2.73. The molecule has 0 bridgehead atoms. The molecule has 2 aromatic carbocycles. The SMILES string of the molecule is COc1cc(C)c(C(C)NC(=O)c2cc(Cl)c(N)cc2OC)cc1OC.Cl. The summed E-state index contributed by atoms with van der Waals surface area (Å²) in [5, 5.41) is 3.25. The van der Waals surface area contributed by atoms with Crippen LogP contribution in [0.3, 0.4) is 0 Å². The Morgan fingerprint density at radius 1 is 1.04 bits per heavy atom. The highest BCUT2D eigenvalue weighted by Gasteiger charge is 2.20. The Labute approximate surface area is 170 Å². The average molecular weight is 415 g/mol. The molecular formula is C19H24Cl2N2O4. The first-order chi connectivity index (χ1) is 12.3. The van der Waals surface area contributed by atoms with Gasteiger partial charge in [0.1, 0.15) is 5.75 Å². The Bertz CT molecular complexity index is 828. The van der Waals surface area contributed by atoms with Gasteiger partial charge in [0.15, 0.2) is 11.5 Å². The van der Waals surface area contributed by atoms with E-state index in [1.807, 2.05) is 26.0 Å². The molecule has 2 rings (SSSR count). The quantitative estimate of drug-likeness (QED) is 0.692. The molecule has 0 fully saturated rings. The van der Waals surface area contributed by atoms with Crippen LogP contribution in [-0.4, -0.2) is 27.2 Å². The van der Waals surface area contributed by atoms with Gasteiger partial charge in [-0.3, -0.25) is 4.79 Å². The summed E-state index contributed by atoms with van der Waals surface area (Å²) in [5.41, 5.74) is 8.32. The van der Waals surface area contributed by atoms with Crippen molar-refractivity contribution in [1.29, 1.82) is 0 Å². The molecule has 0 saturated carbocycles. The van der Waals surface area contributed by atoms with Gasteiger partial charge < -0.3 is 25.3 Å². The van der Waals surface area contributed by atoms with E-state index in [1.54, 1.807) is 14.2 Å². The number of hydrogen-bond donors (Lipinski definition) is 2. The van der Waals surface area contributed by atoms with Gasteiger partial charge in [0.25, 0.3) is 5.91 Å². The van der Waals surface area contributed by atoms with Gasteiger partial charge in [0.05, 0.1) is 43.6 Å². The van der Waals surface area contributed by atoms with Crippen LogP contribution in [0.15, 0.2) is 24.3 Å². The standard InChI is InChI=1S/C19H23ClN2O4.ClH/c1-10-6-17(25-4)18(26-5)8-12(10)11(2)22-19(23)13-7-14(20)15(21)9-16(13)24-3;/h6-9,11H,21H2,1-5H3,(H,22,23);1H. The predicted octanol–water partition coefficient (Wildman–Crippen LogP) is 4.17. The Morgan fingerprint density at radius 3 is 2.15 bits per heavy atom. The van der Waals surface area contributed by atoms with Crippen LogP contribution in [0.25, 0.3) is 0 Å². The van der Waals surface area contributed by atoms with Crippen molar-refractivity contribution < 1.29 is 19.0 Å². The summed E-state index contributed by atoms with van der Waals surface area (Å²) >= 11 is 6.05. The number of nitrogens with two attached hydrogens (primary N) is 1. The zero-order chi connectivity index (χ0) is 19.4. The third-order valence-electron chi connectivity index (χ3n) is 4.15. The van der Waals surface area contributed by atoms with Crippen molar-refractivity contribution in [3.63, 3.8) is 0 Å². The Morgan fingerprint density at radius 2 is 1.59 bits per heavy atom. The zero-order valence-electron chi connectivity index (χ0n) is 15.9. The van der Waals surface area contributed by atoms with E-state index < -0.39 is 0 Å². The molecule has 0 spiro atoms. The molecule has 3 N–H and O–H groups in total. The molecule has 0 aliphatic rings. The van der Waals surface area contributed by atoms with Crippen LogP contribution in [0.5, 0.6) is 17.2 Å². The van der Waals surface area contributed by atoms with Crippen LogP contribution in [0.4, 0.5) is 5.69 Å². The number of ether oxygens (including phenoxy) is 3. The summed E-state index contributed by atoms with van der Waals surface area (Å²) in [4.78, 5) is 12.7. The number of benzene rings is 2. The van der Waals surface area contributed by atoms with Crippen molar-refractivity contribution in [1.82, 2.24) is 5.32 Å². The Balaban J connectivity index is 0.00000364. The molecule has 148 valence electrons. The fourth-order valence-corrected chi connectivity index (χ4v) is 2.89. The minimum atomic E-state index is -0.314. The Kier molecular flexibility index (Phi) is 8.06. The zero-order valence-corrected chi connectivity index (χ0v) is 17.5. The second-order valence-corrected chi connectivity index (χ2v) is 6.24. The number of methoxy groups -OCH3 is 3. The maximum atomic E-state index is 12.7. The minimum absolute atomic E-state index is 0. The lowest BCUT2D eigenvalue weighted by Gasteiger charge is -2.20. The number of anilines is 1. The molecule has 27 heavy (non-hydrogen) atoms. The van der Waals surface area contributed by atoms with E-state index in [0.29, 0.717) is 33.5 Å². The van der Waals surface area contributed by atoms with E-state index in [4.69, 9.17) is 31.5 Å². The first-order valence-electron chi connectivity index (χ1n) is 7.98. The third kappa shape index (κ3) is 4.90. The number of nitrogens with one attached hydrogen (secondary N) is 1. The van der Waals surface area contributed by atoms with Crippen molar-refractivity contribution in [3.8, 4) is 17.2 Å². The van der Waals surface area contributed by atoms with Crippen LogP contribution < -0.4 is 25.3 Å². The second kappa shape index (κ2) is 9.58. The molecule has 1 atom stereocenters. The van der Waals surface area contributed by atoms with E-state index in [0.717, 1.165) is 11.1 Å². The largest absolute Gasteiger partial charge is 0.496 e. The van der Waals surface area contributed by atoms with E-state index >= 15 is 0 Å². The fraction of sp³-hybridized carbons (Fsp3) is 0.316. The molecule has 8 heteroatoms. The molecular weight excluding hydrogens is 391 g/mol. The summed E-state index contributed by atoms with van der Waals surface area (Å²) in [5.74, 6) is 1.28. The van der Waals surface area contributed by atoms with Gasteiger partial charge >= 0.3 is 0 Å². The maximum absolute atomic E-state index is 12.7. The highest BCUT2D eigenvalue weighted by Crippen LogP contribution is 2.33. The molecule has 0 aliphatic heterocycles. The molecule has 2 aromatic rings. The molecule has 1 unspecified atom stereocenters. The van der Waals surface area contributed by atoms with Crippen LogP contribution in [0, 0.1) is 6.92 Å². The van der Waals surface area contributed by atoms with E-state index in [1.165, 1.54) is 19.2 Å². The number of aryl methyl sites for hydroxylation is 1. The lowest BCUT2D eigenvalue weighted by Crippen LogP contribution is -2.27. The maximum Gasteiger partial charge on any atom is 0.255 e. The van der Waals surface area contributed by atoms with E-state index in [9.17, 15) is 4.79 Å². The van der Waals surface area contributed by atoms with Crippen LogP contribution >= 0.6 is 24.0 Å². The van der Waals surface area contributed by atoms with Crippen molar-refractivity contribution in [2.24, 2.45) is 0 Å². The third-order valence-corrected chi connectivity index (χ3v) is 4.48. The number of halogens is 2. The van der Waals surface area contributed by atoms with Crippen molar-refractivity contribution in [3.05, 3.63) is 46.0 Å². The number of hydrogen-bond acceptors (Lipinski definition) is 5. The summed E-state index contributed by atoms with van der Waals surface area (Å²) in [6.07, 6.45) is 0. The van der Waals surface area contributed by atoms with Gasteiger partial charge in [0.2, 0.25) is 0 Å². The van der Waals surface area contributed by atoms with Gasteiger partial charge in [-0.15, -0.1) is 12.4 Å². The second-order valence-electron chi connectivity index (χ2n) is 5.83. The molecule has 0 radical (unpaired) electrons. The lowest BCUT2D eigenvalue weighted by molar-refractivity contribution is 0.0936. The smallest absolute Gasteiger partial charge is 0.255 e. The highest BCUT2D eigenvalue weighted by atomic mass is 35.5. The van der Waals surface area contributed by atoms with Gasteiger partial charge in [-0.1, -0.05) is 11.6 Å². The molecule has 0 aromatic heterocycles. The minimum Gasteiger partial charge on any atom is -0.496 e. The molecule has 0 aliphatic carbocycles. The van der Waals surface area contributed by atoms with E-state index in [-0.39, 0.29) is 24.4 Å². The summed E-state index contributed by atoms with van der Waals surface area (Å²) in [6, 6.07) is 6.48. The molecule has 0 saturated heterocycles.